The van der Waals surface area contributed by atoms with Crippen molar-refractivity contribution in [3.05, 3.63) is 36.0 Å². The molecule has 0 radical (unpaired) electrons. The highest BCUT2D eigenvalue weighted by molar-refractivity contribution is 5.99. The van der Waals surface area contributed by atoms with Crippen LogP contribution in [0.15, 0.2) is 30.5 Å². The molecule has 0 spiro atoms. The predicted molar refractivity (Wildman–Crippen MR) is 58.2 cm³/mol. The van der Waals surface area contributed by atoms with Crippen LogP contribution in [0.5, 0.6) is 0 Å². The zero-order chi connectivity index (χ0) is 10.8. The SMILES string of the molecule is CNc1cc(C(=O)O)cc2cccnc12. The Morgan fingerprint density at radius 2 is 2.27 bits per heavy atom. The van der Waals surface area contributed by atoms with Gasteiger partial charge in [0.2, 0.25) is 0 Å². The fraction of sp³-hybridized carbons (Fsp3) is 0.0909. The van der Waals surface area contributed by atoms with Crippen molar-refractivity contribution in [1.82, 2.24) is 4.98 Å². The summed E-state index contributed by atoms with van der Waals surface area (Å²) in [6.45, 7) is 0. The van der Waals surface area contributed by atoms with E-state index >= 15 is 0 Å². The lowest BCUT2D eigenvalue weighted by Gasteiger charge is -2.06. The smallest absolute Gasteiger partial charge is 0.335 e. The number of rotatable bonds is 2. The minimum absolute atomic E-state index is 0.264. The Balaban J connectivity index is 2.77. The van der Waals surface area contributed by atoms with Crippen LogP contribution in [0.25, 0.3) is 10.9 Å². The number of carboxylic acids is 1. The molecular weight excluding hydrogens is 192 g/mol. The van der Waals surface area contributed by atoms with Gasteiger partial charge in [0.15, 0.2) is 0 Å². The number of benzene rings is 1. The number of pyridine rings is 1. The number of carbonyl (C=O) groups is 1. The number of aromatic carboxylic acids is 1. The molecule has 0 aliphatic rings. The van der Waals surface area contributed by atoms with Gasteiger partial charge < -0.3 is 10.4 Å². The van der Waals surface area contributed by atoms with E-state index in [0.29, 0.717) is 0 Å². The van der Waals surface area contributed by atoms with Gasteiger partial charge in [-0.2, -0.15) is 0 Å². The van der Waals surface area contributed by atoms with Crippen LogP contribution in [0.2, 0.25) is 0 Å². The first kappa shape index (κ1) is 9.45. The van der Waals surface area contributed by atoms with Crippen LogP contribution in [0.1, 0.15) is 10.4 Å². The average molecular weight is 202 g/mol. The van der Waals surface area contributed by atoms with Crippen molar-refractivity contribution in [3.8, 4) is 0 Å². The van der Waals surface area contributed by atoms with Crippen molar-refractivity contribution in [2.45, 2.75) is 0 Å². The molecule has 0 atom stereocenters. The van der Waals surface area contributed by atoms with Crippen molar-refractivity contribution in [1.29, 1.82) is 0 Å². The summed E-state index contributed by atoms with van der Waals surface area (Å²) >= 11 is 0. The van der Waals surface area contributed by atoms with Gasteiger partial charge in [-0.1, -0.05) is 6.07 Å². The number of carboxylic acid groups (broad SMARTS) is 1. The van der Waals surface area contributed by atoms with E-state index in [2.05, 4.69) is 10.3 Å². The second-order valence-corrected chi connectivity index (χ2v) is 3.15. The normalized spacial score (nSPS) is 10.2. The van der Waals surface area contributed by atoms with Crippen molar-refractivity contribution in [2.75, 3.05) is 12.4 Å². The largest absolute Gasteiger partial charge is 0.478 e. The number of anilines is 1. The molecule has 1 aromatic heterocycles. The fourth-order valence-corrected chi connectivity index (χ4v) is 1.51. The van der Waals surface area contributed by atoms with Crippen molar-refractivity contribution < 1.29 is 9.90 Å². The average Bonchev–Trinajstić information content (AvgIpc) is 2.27. The van der Waals surface area contributed by atoms with Crippen LogP contribution < -0.4 is 5.32 Å². The molecule has 2 N–H and O–H groups in total. The van der Waals surface area contributed by atoms with E-state index < -0.39 is 5.97 Å². The van der Waals surface area contributed by atoms with Crippen LogP contribution >= 0.6 is 0 Å². The first-order valence-electron chi connectivity index (χ1n) is 4.52. The Bertz CT molecular complexity index is 523. The number of hydrogen-bond donors (Lipinski definition) is 2. The summed E-state index contributed by atoms with van der Waals surface area (Å²) in [5.41, 5.74) is 1.77. The molecule has 4 heteroatoms. The van der Waals surface area contributed by atoms with Crippen LogP contribution in [0, 0.1) is 0 Å². The number of nitrogens with one attached hydrogen (secondary N) is 1. The monoisotopic (exact) mass is 202 g/mol. The minimum atomic E-state index is -0.933. The maximum atomic E-state index is 10.9. The van der Waals surface area contributed by atoms with Gasteiger partial charge in [0, 0.05) is 18.6 Å². The maximum Gasteiger partial charge on any atom is 0.335 e. The molecule has 0 saturated heterocycles. The highest BCUT2D eigenvalue weighted by atomic mass is 16.4. The molecule has 4 nitrogen and oxygen atoms in total. The third kappa shape index (κ3) is 1.61. The summed E-state index contributed by atoms with van der Waals surface area (Å²) in [7, 11) is 1.75. The van der Waals surface area contributed by atoms with Crippen LogP contribution in [0.4, 0.5) is 5.69 Å². The van der Waals surface area contributed by atoms with E-state index in [1.807, 2.05) is 6.07 Å². The standard InChI is InChI=1S/C11H10N2O2/c1-12-9-6-8(11(14)15)5-7-3-2-4-13-10(7)9/h2-6,12H,1H3,(H,14,15). The highest BCUT2D eigenvalue weighted by Crippen LogP contribution is 2.22. The summed E-state index contributed by atoms with van der Waals surface area (Å²) in [4.78, 5) is 15.1. The quantitative estimate of drug-likeness (QED) is 0.781. The maximum absolute atomic E-state index is 10.9. The molecule has 0 aliphatic heterocycles. The van der Waals surface area contributed by atoms with Gasteiger partial charge in [-0.05, 0) is 18.2 Å². The Morgan fingerprint density at radius 1 is 1.47 bits per heavy atom. The van der Waals surface area contributed by atoms with Crippen LogP contribution in [0.3, 0.4) is 0 Å². The zero-order valence-electron chi connectivity index (χ0n) is 8.19. The van der Waals surface area contributed by atoms with Crippen molar-refractivity contribution in [2.24, 2.45) is 0 Å². The topological polar surface area (TPSA) is 62.2 Å². The van der Waals surface area contributed by atoms with Crippen LogP contribution in [-0.2, 0) is 0 Å². The Hall–Kier alpha value is -2.10. The molecule has 0 fully saturated rings. The summed E-state index contributed by atoms with van der Waals surface area (Å²) in [5.74, 6) is -0.933. The van der Waals surface area contributed by atoms with Gasteiger partial charge >= 0.3 is 5.97 Å². The lowest BCUT2D eigenvalue weighted by atomic mass is 10.1. The lowest BCUT2D eigenvalue weighted by Crippen LogP contribution is -1.99. The number of nitrogens with zero attached hydrogens (tertiary/aromatic N) is 1. The summed E-state index contributed by atoms with van der Waals surface area (Å²) in [6, 6.07) is 6.83. The van der Waals surface area contributed by atoms with Crippen molar-refractivity contribution >= 4 is 22.6 Å². The van der Waals surface area contributed by atoms with E-state index in [9.17, 15) is 4.79 Å². The predicted octanol–water partition coefficient (Wildman–Crippen LogP) is 1.97. The molecule has 76 valence electrons. The van der Waals surface area contributed by atoms with E-state index in [4.69, 9.17) is 5.11 Å². The Kier molecular flexibility index (Phi) is 2.25. The highest BCUT2D eigenvalue weighted by Gasteiger charge is 2.08. The van der Waals surface area contributed by atoms with Crippen molar-refractivity contribution in [3.63, 3.8) is 0 Å². The molecular formula is C11H10N2O2. The first-order valence-corrected chi connectivity index (χ1v) is 4.52. The van der Waals surface area contributed by atoms with E-state index in [1.165, 1.54) is 0 Å². The third-order valence-electron chi connectivity index (χ3n) is 2.22. The van der Waals surface area contributed by atoms with E-state index in [-0.39, 0.29) is 5.56 Å². The Labute approximate surface area is 86.6 Å². The fourth-order valence-electron chi connectivity index (χ4n) is 1.51. The molecule has 0 amide bonds. The number of aromatic nitrogens is 1. The second-order valence-electron chi connectivity index (χ2n) is 3.15. The van der Waals surface area contributed by atoms with E-state index in [0.717, 1.165) is 16.6 Å². The third-order valence-corrected chi connectivity index (χ3v) is 2.22. The summed E-state index contributed by atoms with van der Waals surface area (Å²) < 4.78 is 0. The second kappa shape index (κ2) is 3.57. The van der Waals surface area contributed by atoms with Gasteiger partial charge in [0.05, 0.1) is 16.8 Å². The first-order chi connectivity index (χ1) is 7.22. The van der Waals surface area contributed by atoms with E-state index in [1.54, 1.807) is 31.4 Å². The molecule has 0 unspecified atom stereocenters. The Morgan fingerprint density at radius 3 is 2.93 bits per heavy atom. The molecule has 1 heterocycles. The molecule has 1 aromatic carbocycles. The molecule has 2 aromatic rings. The number of hydrogen-bond acceptors (Lipinski definition) is 3. The zero-order valence-corrected chi connectivity index (χ0v) is 8.19. The summed E-state index contributed by atoms with van der Waals surface area (Å²) in [5, 5.41) is 12.7. The molecule has 0 bridgehead atoms. The molecule has 0 saturated carbocycles. The lowest BCUT2D eigenvalue weighted by molar-refractivity contribution is 0.0697. The van der Waals surface area contributed by atoms with Gasteiger partial charge in [0.25, 0.3) is 0 Å². The van der Waals surface area contributed by atoms with Gasteiger partial charge in [-0.15, -0.1) is 0 Å². The number of fused-ring (bicyclic) bond motifs is 1. The summed E-state index contributed by atoms with van der Waals surface area (Å²) in [6.07, 6.45) is 1.68. The molecule has 2 rings (SSSR count). The van der Waals surface area contributed by atoms with Gasteiger partial charge in [-0.25, -0.2) is 4.79 Å². The van der Waals surface area contributed by atoms with Crippen LogP contribution in [-0.4, -0.2) is 23.1 Å². The molecule has 15 heavy (non-hydrogen) atoms. The van der Waals surface area contributed by atoms with Gasteiger partial charge in [-0.3, -0.25) is 4.98 Å². The molecule has 0 aliphatic carbocycles. The minimum Gasteiger partial charge on any atom is -0.478 e. The van der Waals surface area contributed by atoms with Gasteiger partial charge in [0.1, 0.15) is 0 Å².